The lowest BCUT2D eigenvalue weighted by molar-refractivity contribution is 0.242. The number of hydrogen-bond donors (Lipinski definition) is 1. The van der Waals surface area contributed by atoms with Gasteiger partial charge in [-0.1, -0.05) is 36.4 Å². The Labute approximate surface area is 176 Å². The molecule has 0 saturated heterocycles. The summed E-state index contributed by atoms with van der Waals surface area (Å²) in [4.78, 5) is 16.4. The molecule has 0 unspecified atom stereocenters. The molecule has 0 aliphatic carbocycles. The highest BCUT2D eigenvalue weighted by Crippen LogP contribution is 2.30. The van der Waals surface area contributed by atoms with Crippen LogP contribution in [0.4, 0.5) is 0 Å². The van der Waals surface area contributed by atoms with Gasteiger partial charge in [0.1, 0.15) is 11.3 Å². The van der Waals surface area contributed by atoms with Gasteiger partial charge in [0, 0.05) is 24.5 Å². The maximum atomic E-state index is 5.72. The number of nitrogens with zero attached hydrogens (tertiary/aromatic N) is 3. The standard InChI is InChI=1S/C18H22N4O.C2H6.CH3I/c1-12(2)23-14-7-5-13(6-8-14)16-15(11-22(3)4)17-18(21-16)20-10-9-19-17;2*1-2/h5-10,12H,11H2,1-4H3,(H,20,21);1-2H3;1H3. The van der Waals surface area contributed by atoms with Crippen molar-refractivity contribution in [2.45, 2.75) is 40.3 Å². The quantitative estimate of drug-likeness (QED) is 0.383. The summed E-state index contributed by atoms with van der Waals surface area (Å²) in [7, 11) is 4.11. The fourth-order valence-corrected chi connectivity index (χ4v) is 2.65. The van der Waals surface area contributed by atoms with Crippen LogP contribution in [0, 0.1) is 0 Å². The van der Waals surface area contributed by atoms with Crippen LogP contribution in [0.1, 0.15) is 33.3 Å². The van der Waals surface area contributed by atoms with E-state index in [0.717, 1.165) is 40.3 Å². The van der Waals surface area contributed by atoms with E-state index >= 15 is 0 Å². The number of aromatic amines is 1. The molecule has 27 heavy (non-hydrogen) atoms. The van der Waals surface area contributed by atoms with E-state index in [2.05, 4.69) is 68.7 Å². The zero-order valence-corrected chi connectivity index (χ0v) is 19.5. The molecule has 6 heteroatoms. The molecule has 0 atom stereocenters. The Bertz CT molecular complexity index is 798. The predicted octanol–water partition coefficient (Wildman–Crippen LogP) is 5.55. The molecule has 1 N–H and O–H groups in total. The minimum Gasteiger partial charge on any atom is -0.491 e. The van der Waals surface area contributed by atoms with Crippen LogP contribution >= 0.6 is 22.6 Å². The van der Waals surface area contributed by atoms with Crippen LogP contribution in [-0.2, 0) is 6.54 Å². The molecule has 1 aromatic carbocycles. The van der Waals surface area contributed by atoms with Gasteiger partial charge in [0.2, 0.25) is 0 Å². The fraction of sp³-hybridized carbons (Fsp3) is 0.429. The van der Waals surface area contributed by atoms with Crippen LogP contribution < -0.4 is 4.74 Å². The van der Waals surface area contributed by atoms with Gasteiger partial charge in [0.25, 0.3) is 0 Å². The average molecular weight is 482 g/mol. The van der Waals surface area contributed by atoms with E-state index in [9.17, 15) is 0 Å². The zero-order valence-electron chi connectivity index (χ0n) is 17.4. The van der Waals surface area contributed by atoms with Crippen molar-refractivity contribution in [2.24, 2.45) is 0 Å². The number of hydrogen-bond acceptors (Lipinski definition) is 4. The number of benzene rings is 1. The molecule has 0 amide bonds. The third kappa shape index (κ3) is 6.46. The summed E-state index contributed by atoms with van der Waals surface area (Å²) in [5.74, 6) is 0.880. The van der Waals surface area contributed by atoms with Gasteiger partial charge in [-0.15, -0.1) is 0 Å². The highest BCUT2D eigenvalue weighted by atomic mass is 127. The third-order valence-corrected chi connectivity index (χ3v) is 3.52. The second-order valence-corrected chi connectivity index (χ2v) is 6.16. The van der Waals surface area contributed by atoms with Crippen LogP contribution in [0.15, 0.2) is 36.7 Å². The molecular weight excluding hydrogens is 451 g/mol. The minimum absolute atomic E-state index is 0.173. The summed E-state index contributed by atoms with van der Waals surface area (Å²) in [6, 6.07) is 8.14. The first-order chi connectivity index (χ1) is 13.0. The lowest BCUT2D eigenvalue weighted by Gasteiger charge is -2.12. The molecule has 0 aliphatic rings. The molecule has 0 saturated carbocycles. The molecule has 0 bridgehead atoms. The largest absolute Gasteiger partial charge is 0.491 e. The first-order valence-electron chi connectivity index (χ1n) is 9.16. The molecule has 2 heterocycles. The van der Waals surface area contributed by atoms with Crippen LogP contribution in [0.3, 0.4) is 0 Å². The van der Waals surface area contributed by atoms with Crippen molar-refractivity contribution in [3.63, 3.8) is 0 Å². The summed E-state index contributed by atoms with van der Waals surface area (Å²) < 4.78 is 5.72. The maximum Gasteiger partial charge on any atom is 0.156 e. The fourth-order valence-electron chi connectivity index (χ4n) is 2.65. The Morgan fingerprint density at radius 1 is 1.04 bits per heavy atom. The lowest BCUT2D eigenvalue weighted by atomic mass is 10.1. The first kappa shape index (κ1) is 23.4. The van der Waals surface area contributed by atoms with Gasteiger partial charge in [0.05, 0.1) is 11.8 Å². The zero-order chi connectivity index (χ0) is 20.4. The summed E-state index contributed by atoms with van der Waals surface area (Å²) in [6.45, 7) is 8.86. The molecule has 3 aromatic rings. The molecule has 0 spiro atoms. The monoisotopic (exact) mass is 482 g/mol. The second-order valence-electron chi connectivity index (χ2n) is 6.16. The molecular formula is C21H31IN4O. The van der Waals surface area contributed by atoms with Crippen molar-refractivity contribution in [1.82, 2.24) is 19.9 Å². The van der Waals surface area contributed by atoms with Gasteiger partial charge in [-0.25, -0.2) is 4.98 Å². The molecule has 0 fully saturated rings. The van der Waals surface area contributed by atoms with Crippen molar-refractivity contribution >= 4 is 33.8 Å². The number of nitrogens with one attached hydrogen (secondary N) is 1. The smallest absolute Gasteiger partial charge is 0.156 e. The van der Waals surface area contributed by atoms with E-state index in [0.29, 0.717) is 0 Å². The molecule has 0 aliphatic heterocycles. The van der Waals surface area contributed by atoms with Crippen LogP contribution in [-0.4, -0.2) is 45.0 Å². The van der Waals surface area contributed by atoms with Crippen molar-refractivity contribution in [3.05, 3.63) is 42.2 Å². The molecule has 5 nitrogen and oxygen atoms in total. The van der Waals surface area contributed by atoms with E-state index in [1.165, 1.54) is 0 Å². The van der Waals surface area contributed by atoms with E-state index < -0.39 is 0 Å². The van der Waals surface area contributed by atoms with Crippen molar-refractivity contribution < 1.29 is 4.74 Å². The summed E-state index contributed by atoms with van der Waals surface area (Å²) in [5.41, 5.74) is 5.09. The Morgan fingerprint density at radius 2 is 1.63 bits per heavy atom. The summed E-state index contributed by atoms with van der Waals surface area (Å²) in [5, 5.41) is 0. The second kappa shape index (κ2) is 11.9. The maximum absolute atomic E-state index is 5.72. The number of halogens is 1. The Hall–Kier alpha value is -1.67. The SMILES string of the molecule is CC.CC(C)Oc1ccc(-c2[nH]c3nccnc3c2CN(C)C)cc1.CI. The van der Waals surface area contributed by atoms with Gasteiger partial charge in [0.15, 0.2) is 5.65 Å². The van der Waals surface area contributed by atoms with E-state index in [1.807, 2.05) is 44.8 Å². The third-order valence-electron chi connectivity index (χ3n) is 3.52. The summed E-state index contributed by atoms with van der Waals surface area (Å²) >= 11 is 2.15. The van der Waals surface area contributed by atoms with E-state index in [4.69, 9.17) is 4.74 Å². The van der Waals surface area contributed by atoms with E-state index in [-0.39, 0.29) is 6.10 Å². The Kier molecular flexibility index (Phi) is 10.3. The lowest BCUT2D eigenvalue weighted by Crippen LogP contribution is -2.11. The number of H-pyrrole nitrogens is 1. The highest BCUT2D eigenvalue weighted by Gasteiger charge is 2.15. The molecule has 2 aromatic heterocycles. The number of fused-ring (bicyclic) bond motifs is 1. The number of ether oxygens (including phenoxy) is 1. The van der Waals surface area contributed by atoms with Crippen molar-refractivity contribution in [1.29, 1.82) is 0 Å². The normalized spacial score (nSPS) is 10.3. The highest BCUT2D eigenvalue weighted by molar-refractivity contribution is 14.1. The van der Waals surface area contributed by atoms with Gasteiger partial charge in [-0.3, -0.25) is 4.98 Å². The van der Waals surface area contributed by atoms with Gasteiger partial charge in [-0.05, 0) is 62.7 Å². The molecule has 148 valence electrons. The van der Waals surface area contributed by atoms with Gasteiger partial charge in [-0.2, -0.15) is 0 Å². The van der Waals surface area contributed by atoms with Crippen molar-refractivity contribution in [3.8, 4) is 17.0 Å². The number of rotatable bonds is 5. The summed E-state index contributed by atoms with van der Waals surface area (Å²) in [6.07, 6.45) is 3.62. The van der Waals surface area contributed by atoms with E-state index in [1.54, 1.807) is 12.4 Å². The first-order valence-corrected chi connectivity index (χ1v) is 11.3. The Morgan fingerprint density at radius 3 is 2.19 bits per heavy atom. The number of aromatic nitrogens is 3. The van der Waals surface area contributed by atoms with Crippen LogP contribution in [0.5, 0.6) is 5.75 Å². The molecule has 0 radical (unpaired) electrons. The molecule has 3 rings (SSSR count). The van der Waals surface area contributed by atoms with Crippen LogP contribution in [0.2, 0.25) is 0 Å². The number of alkyl halides is 1. The van der Waals surface area contributed by atoms with Gasteiger partial charge >= 0.3 is 0 Å². The van der Waals surface area contributed by atoms with Crippen LogP contribution in [0.25, 0.3) is 22.4 Å². The predicted molar refractivity (Wildman–Crippen MR) is 124 cm³/mol. The average Bonchev–Trinajstić information content (AvgIpc) is 3.03. The Balaban J connectivity index is 0.000000855. The minimum atomic E-state index is 0.173. The topological polar surface area (TPSA) is 54.0 Å². The van der Waals surface area contributed by atoms with Crippen molar-refractivity contribution in [2.75, 3.05) is 19.0 Å². The van der Waals surface area contributed by atoms with Gasteiger partial charge < -0.3 is 14.6 Å².